The summed E-state index contributed by atoms with van der Waals surface area (Å²) in [6.45, 7) is 0. The summed E-state index contributed by atoms with van der Waals surface area (Å²) in [5.41, 5.74) is 4.47. The van der Waals surface area contributed by atoms with Gasteiger partial charge in [-0.2, -0.15) is 22.4 Å². The summed E-state index contributed by atoms with van der Waals surface area (Å²) in [5.74, 6) is 0. The van der Waals surface area contributed by atoms with Crippen molar-refractivity contribution in [2.45, 2.75) is 0 Å². The molecule has 0 aliphatic rings. The van der Waals surface area contributed by atoms with Crippen LogP contribution >= 0.6 is 22.4 Å². The molecule has 7 heavy (non-hydrogen) atoms. The van der Waals surface area contributed by atoms with Gasteiger partial charge in [-0.3, -0.25) is 0 Å². The molecule has 0 saturated heterocycles. The van der Waals surface area contributed by atoms with Gasteiger partial charge in [-0.25, -0.2) is 0 Å². The largest absolute Gasteiger partial charge is 0.169 e. The van der Waals surface area contributed by atoms with Crippen LogP contribution in [0.1, 0.15) is 0 Å². The van der Waals surface area contributed by atoms with Gasteiger partial charge in [-0.05, 0) is 0 Å². The first-order valence-corrected chi connectivity index (χ1v) is 1.46. The molecule has 0 fully saturated rings. The Hall–Kier alpha value is 6.05. The van der Waals surface area contributed by atoms with Crippen molar-refractivity contribution in [1.29, 1.82) is 0 Å². The van der Waals surface area contributed by atoms with Gasteiger partial charge in [0, 0.05) is 156 Å². The van der Waals surface area contributed by atoms with E-state index in [9.17, 15) is 0 Å². The van der Waals surface area contributed by atoms with Crippen LogP contribution in [0.15, 0.2) is 0 Å². The van der Waals surface area contributed by atoms with Gasteiger partial charge in [-0.15, -0.1) is 0 Å². The molecule has 0 heterocycles. The second-order valence-corrected chi connectivity index (χ2v) is 0. The average molecular weight is 1330 g/mol. The maximum atomic E-state index is 4.47. The maximum Gasteiger partial charge on any atom is 0.169 e. The van der Waals surface area contributed by atoms with Gasteiger partial charge in [-0.1, -0.05) is 0 Å². The minimum Gasteiger partial charge on any atom is -0.169 e. The Balaban J connectivity index is -0.000000000500. The fourth-order valence-electron chi connectivity index (χ4n) is 0. The van der Waals surface area contributed by atoms with Crippen molar-refractivity contribution in [3.05, 3.63) is 0 Å². The van der Waals surface area contributed by atoms with E-state index in [0.29, 0.717) is 0 Å². The zero-order valence-electron chi connectivity index (χ0n) is 3.46. The molecule has 0 aromatic heterocycles. The van der Waals surface area contributed by atoms with Crippen LogP contribution in [0.5, 0.6) is 0 Å². The van der Waals surface area contributed by atoms with E-state index in [1.54, 1.807) is 22.4 Å². The van der Waals surface area contributed by atoms with E-state index in [0.717, 1.165) is 0 Å². The van der Waals surface area contributed by atoms with Gasteiger partial charge in [0.25, 0.3) is 0 Å². The zero-order chi connectivity index (χ0) is 2.00. The first-order chi connectivity index (χ1) is 1.00. The van der Waals surface area contributed by atoms with E-state index in [1.165, 1.54) is 0 Å². The van der Waals surface area contributed by atoms with Crippen molar-refractivity contribution in [1.82, 2.24) is 0 Å². The third-order valence-corrected chi connectivity index (χ3v) is 0. The van der Waals surface area contributed by atoms with Crippen molar-refractivity contribution in [3.8, 4) is 0 Å². The van der Waals surface area contributed by atoms with Crippen LogP contribution in [0.4, 0.5) is 0 Å². The first kappa shape index (κ1) is 38.1. The van der Waals surface area contributed by atoms with Gasteiger partial charge in [0.2, 0.25) is 0 Å². The third-order valence-electron chi connectivity index (χ3n) is 0. The van der Waals surface area contributed by atoms with Crippen LogP contribution in [0, 0.1) is 156 Å². The van der Waals surface area contributed by atoms with E-state index in [-0.39, 0.29) is 156 Å². The van der Waals surface area contributed by atoms with Gasteiger partial charge < -0.3 is 0 Å². The molecule has 0 aliphatic carbocycles. The van der Waals surface area contributed by atoms with E-state index >= 15 is 0 Å². The minimum atomic E-state index is 0. The predicted octanol–water partition coefficient (Wildman–Crippen LogP) is 0.505. The molecule has 0 rings (SSSR count). The summed E-state index contributed by atoms with van der Waals surface area (Å²) in [6, 6.07) is 0. The average Bonchev–Trinajstić information content (AvgIpc) is 1.00. The molecule has 0 atom stereocenters. The summed E-state index contributed by atoms with van der Waals surface area (Å²) in [6.07, 6.45) is 0. The van der Waals surface area contributed by atoms with Crippen molar-refractivity contribution in [2.24, 2.45) is 0 Å². The fourth-order valence-corrected chi connectivity index (χ4v) is 0. The van der Waals surface area contributed by atoms with Gasteiger partial charge in [0.15, 0.2) is 5.70 Å². The summed E-state index contributed by atoms with van der Waals surface area (Å²) in [5, 5.41) is 0. The monoisotopic (exact) mass is 1330 g/mol. The normalized spacial score (nSPS) is 0.714. The molecule has 0 spiro atoms. The summed E-state index contributed by atoms with van der Waals surface area (Å²) < 4.78 is 0. The fraction of sp³-hybridized carbons (Fsp3) is 0. The number of hydrogen-bond donors (Lipinski definition) is 0. The van der Waals surface area contributed by atoms with E-state index in [1.807, 2.05) is 0 Å². The maximum absolute atomic E-state index is 4.47. The van der Waals surface area contributed by atoms with E-state index in [4.69, 9.17) is 0 Å². The van der Waals surface area contributed by atoms with Gasteiger partial charge in [0.1, 0.15) is 0 Å². The van der Waals surface area contributed by atoms with E-state index < -0.39 is 0 Å². The summed E-state index contributed by atoms with van der Waals surface area (Å²) in [7, 11) is 0. The van der Waals surface area contributed by atoms with Crippen LogP contribution in [-0.4, -0.2) is 5.70 Å². The molecule has 0 aromatic rings. The third kappa shape index (κ3) is 33.2. The number of rotatable bonds is 0. The Labute approximate surface area is 178 Å². The second-order valence-electron chi connectivity index (χ2n) is 0. The molecule has 7 heteroatoms. The van der Waals surface area contributed by atoms with Crippen LogP contribution < -0.4 is 0 Å². The Morgan fingerprint density at radius 3 is 0.571 bits per heavy atom. The topological polar surface area (TPSA) is 0 Å². The minimum absolute atomic E-state index is 0. The van der Waals surface area contributed by atoms with Crippen molar-refractivity contribution < 1.29 is 156 Å². The van der Waals surface area contributed by atoms with Gasteiger partial charge in [0.05, 0.1) is 0 Å². The van der Waals surface area contributed by atoms with Crippen molar-refractivity contribution >= 4 is 28.1 Å². The molecule has 0 bridgehead atoms. The second kappa shape index (κ2) is 40.2. The molecule has 0 unspecified atom stereocenters. The molecule has 0 saturated carbocycles. The number of hydrogen-bond acceptors (Lipinski definition) is 0. The molecular weight excluding hydrogens is 1330 g/mol. The van der Waals surface area contributed by atoms with Crippen LogP contribution in [0.25, 0.3) is 0 Å². The van der Waals surface area contributed by atoms with Crippen LogP contribution in [-0.2, 0) is 0 Å². The molecule has 0 nitrogen and oxygen atoms in total. The summed E-state index contributed by atoms with van der Waals surface area (Å²) >= 11 is 1.65. The smallest absolute Gasteiger partial charge is 0.169 e. The standard InChI is InChI=1S/BI.5U/c1-2;;;;;. The van der Waals surface area contributed by atoms with Crippen molar-refractivity contribution in [2.75, 3.05) is 0 Å². The van der Waals surface area contributed by atoms with Gasteiger partial charge >= 0.3 is 0 Å². The molecular formula is BIU5. The molecule has 0 N–H and O–H groups in total. The molecule has 0 amide bonds. The Morgan fingerprint density at radius 2 is 0.571 bits per heavy atom. The zero-order valence-corrected chi connectivity index (χ0v) is 26.4. The predicted molar refractivity (Wildman–Crippen MR) is 19.8 cm³/mol. The van der Waals surface area contributed by atoms with E-state index in [2.05, 4.69) is 5.70 Å². The van der Waals surface area contributed by atoms with Crippen molar-refractivity contribution in [3.63, 3.8) is 0 Å². The van der Waals surface area contributed by atoms with Crippen LogP contribution in [0.2, 0.25) is 0 Å². The molecule has 2 radical (unpaired) electrons. The van der Waals surface area contributed by atoms with Crippen LogP contribution in [0.3, 0.4) is 0 Å². The molecule has 30 valence electrons. The molecule has 0 aliphatic heterocycles. The number of halogens is 1. The molecule has 0 aromatic carbocycles. The Bertz CT molecular complexity index is 8.04. The summed E-state index contributed by atoms with van der Waals surface area (Å²) in [4.78, 5) is 0. The SMILES string of the molecule is [B]I.[U].[U].[U].[U].[U]. The Kier molecular flexibility index (Phi) is 219. The Morgan fingerprint density at radius 1 is 0.571 bits per heavy atom. The first-order valence-electron chi connectivity index (χ1n) is 0.218. The quantitative estimate of drug-likeness (QED) is 0.246.